The molecule has 0 atom stereocenters. The van der Waals surface area contributed by atoms with E-state index in [-0.39, 0.29) is 11.9 Å². The molecule has 4 rings (SSSR count). The molecule has 6 nitrogen and oxygen atoms in total. The van der Waals surface area contributed by atoms with Gasteiger partial charge in [0.05, 0.1) is 5.69 Å². The molecule has 1 fully saturated rings. The number of aliphatic imine (C=N–C) groups is 1. The molecule has 162 valence electrons. The van der Waals surface area contributed by atoms with Crippen molar-refractivity contribution >= 4 is 5.96 Å². The zero-order chi connectivity index (χ0) is 21.6. The molecule has 1 aromatic heterocycles. The van der Waals surface area contributed by atoms with E-state index in [0.717, 1.165) is 49.0 Å². The van der Waals surface area contributed by atoms with Crippen molar-refractivity contribution in [2.24, 2.45) is 4.99 Å². The van der Waals surface area contributed by atoms with E-state index in [1.807, 2.05) is 43.3 Å². The standard InChI is InChI=1S/C24H28FN5O/c1-18-27-12-15-30(18)23-9-8-19(16-22(23)25)17-28-24(26-2)29-13-10-21(11-14-29)31-20-6-4-3-5-7-20/h3-9,12,15-16,21H,10-11,13-14,17H2,1-2H3,(H,26,28). The van der Waals surface area contributed by atoms with Crippen LogP contribution in [0.3, 0.4) is 0 Å². The third kappa shape index (κ3) is 5.05. The molecule has 1 N–H and O–H groups in total. The predicted octanol–water partition coefficient (Wildman–Crippen LogP) is 3.94. The van der Waals surface area contributed by atoms with Crippen LogP contribution in [0.4, 0.5) is 4.39 Å². The smallest absolute Gasteiger partial charge is 0.193 e. The Labute approximate surface area is 182 Å². The highest BCUT2D eigenvalue weighted by Gasteiger charge is 2.22. The van der Waals surface area contributed by atoms with E-state index >= 15 is 0 Å². The molecule has 0 spiro atoms. The molecular weight excluding hydrogens is 393 g/mol. The number of imidazole rings is 1. The Kier molecular flexibility index (Phi) is 6.50. The third-order valence-corrected chi connectivity index (χ3v) is 5.55. The molecule has 1 saturated heterocycles. The maximum atomic E-state index is 14.6. The van der Waals surface area contributed by atoms with Crippen LogP contribution in [0, 0.1) is 12.7 Å². The Bertz CT molecular complexity index is 1030. The van der Waals surface area contributed by atoms with Crippen molar-refractivity contribution in [1.29, 1.82) is 0 Å². The lowest BCUT2D eigenvalue weighted by molar-refractivity contribution is 0.129. The van der Waals surface area contributed by atoms with Crippen molar-refractivity contribution in [1.82, 2.24) is 19.8 Å². The number of hydrogen-bond acceptors (Lipinski definition) is 3. The third-order valence-electron chi connectivity index (χ3n) is 5.55. The number of piperidine rings is 1. The maximum absolute atomic E-state index is 14.6. The number of aromatic nitrogens is 2. The number of hydrogen-bond donors (Lipinski definition) is 1. The van der Waals surface area contributed by atoms with Gasteiger partial charge in [-0.1, -0.05) is 24.3 Å². The lowest BCUT2D eigenvalue weighted by atomic mass is 10.1. The van der Waals surface area contributed by atoms with Gasteiger partial charge in [0.1, 0.15) is 23.5 Å². The molecule has 31 heavy (non-hydrogen) atoms. The normalized spacial score (nSPS) is 15.2. The first kappa shape index (κ1) is 20.9. The molecule has 0 saturated carbocycles. The summed E-state index contributed by atoms with van der Waals surface area (Å²) in [5.41, 5.74) is 1.37. The Hall–Kier alpha value is -3.35. The zero-order valence-corrected chi connectivity index (χ0v) is 18.0. The summed E-state index contributed by atoms with van der Waals surface area (Å²) < 4.78 is 22.5. The number of ether oxygens (including phenoxy) is 1. The first-order valence-electron chi connectivity index (χ1n) is 10.6. The highest BCUT2D eigenvalue weighted by Crippen LogP contribution is 2.19. The molecule has 0 aliphatic carbocycles. The van der Waals surface area contributed by atoms with Gasteiger partial charge in [0.25, 0.3) is 0 Å². The number of nitrogens with one attached hydrogen (secondary N) is 1. The minimum Gasteiger partial charge on any atom is -0.490 e. The van der Waals surface area contributed by atoms with Crippen LogP contribution in [0.5, 0.6) is 5.75 Å². The summed E-state index contributed by atoms with van der Waals surface area (Å²) in [6, 6.07) is 15.2. The summed E-state index contributed by atoms with van der Waals surface area (Å²) in [5, 5.41) is 3.36. The molecule has 0 amide bonds. The van der Waals surface area contributed by atoms with Gasteiger partial charge >= 0.3 is 0 Å². The van der Waals surface area contributed by atoms with Gasteiger partial charge in [0, 0.05) is 51.9 Å². The van der Waals surface area contributed by atoms with Crippen molar-refractivity contribution in [3.63, 3.8) is 0 Å². The molecule has 1 aliphatic rings. The molecule has 0 unspecified atom stereocenters. The van der Waals surface area contributed by atoms with Crippen molar-refractivity contribution < 1.29 is 9.13 Å². The Balaban J connectivity index is 1.31. The number of halogens is 1. The van der Waals surface area contributed by atoms with Crippen molar-refractivity contribution in [2.45, 2.75) is 32.4 Å². The van der Waals surface area contributed by atoms with E-state index in [2.05, 4.69) is 20.2 Å². The minimum absolute atomic E-state index is 0.213. The van der Waals surface area contributed by atoms with E-state index in [1.165, 1.54) is 0 Å². The molecule has 0 radical (unpaired) electrons. The minimum atomic E-state index is -0.269. The van der Waals surface area contributed by atoms with Gasteiger partial charge in [0.2, 0.25) is 0 Å². The fourth-order valence-electron chi connectivity index (χ4n) is 3.88. The molecule has 1 aliphatic heterocycles. The van der Waals surface area contributed by atoms with Gasteiger partial charge in [-0.25, -0.2) is 9.37 Å². The van der Waals surface area contributed by atoms with Gasteiger partial charge in [-0.05, 0) is 36.8 Å². The first-order chi connectivity index (χ1) is 15.1. The fourth-order valence-corrected chi connectivity index (χ4v) is 3.88. The van der Waals surface area contributed by atoms with Crippen LogP contribution < -0.4 is 10.1 Å². The van der Waals surface area contributed by atoms with E-state index in [9.17, 15) is 4.39 Å². The maximum Gasteiger partial charge on any atom is 0.193 e. The highest BCUT2D eigenvalue weighted by atomic mass is 19.1. The molecule has 3 aromatic rings. The summed E-state index contributed by atoms with van der Waals surface area (Å²) in [4.78, 5) is 10.8. The van der Waals surface area contributed by atoms with Crippen LogP contribution in [0.15, 0.2) is 65.9 Å². The zero-order valence-electron chi connectivity index (χ0n) is 18.0. The van der Waals surface area contributed by atoms with Gasteiger partial charge in [-0.15, -0.1) is 0 Å². The van der Waals surface area contributed by atoms with Gasteiger partial charge in [0.15, 0.2) is 5.96 Å². The van der Waals surface area contributed by atoms with E-state index in [0.29, 0.717) is 12.2 Å². The quantitative estimate of drug-likeness (QED) is 0.501. The fraction of sp³-hybridized carbons (Fsp3) is 0.333. The number of guanidine groups is 1. The summed E-state index contributed by atoms with van der Waals surface area (Å²) in [5.74, 6) is 2.23. The number of aryl methyl sites for hydroxylation is 1. The Morgan fingerprint density at radius 3 is 2.61 bits per heavy atom. The summed E-state index contributed by atoms with van der Waals surface area (Å²) in [6.07, 6.45) is 5.51. The van der Waals surface area contributed by atoms with Crippen LogP contribution in [-0.4, -0.2) is 46.7 Å². The molecule has 7 heteroatoms. The predicted molar refractivity (Wildman–Crippen MR) is 120 cm³/mol. The number of likely N-dealkylation sites (tertiary alicyclic amines) is 1. The average Bonchev–Trinajstić information content (AvgIpc) is 3.21. The monoisotopic (exact) mass is 421 g/mol. The molecule has 2 aromatic carbocycles. The first-order valence-corrected chi connectivity index (χ1v) is 10.6. The van der Waals surface area contributed by atoms with Gasteiger partial charge in [-0.3, -0.25) is 4.99 Å². The summed E-state index contributed by atoms with van der Waals surface area (Å²) in [6.45, 7) is 4.09. The number of rotatable bonds is 5. The van der Waals surface area contributed by atoms with Crippen LogP contribution in [0.2, 0.25) is 0 Å². The van der Waals surface area contributed by atoms with Gasteiger partial charge in [-0.2, -0.15) is 0 Å². The summed E-state index contributed by atoms with van der Waals surface area (Å²) in [7, 11) is 1.78. The number of benzene rings is 2. The summed E-state index contributed by atoms with van der Waals surface area (Å²) >= 11 is 0. The Morgan fingerprint density at radius 1 is 1.19 bits per heavy atom. The van der Waals surface area contributed by atoms with Crippen LogP contribution >= 0.6 is 0 Å². The van der Waals surface area contributed by atoms with Crippen molar-refractivity contribution in [3.8, 4) is 11.4 Å². The number of para-hydroxylation sites is 1. The van der Waals surface area contributed by atoms with E-state index in [4.69, 9.17) is 4.74 Å². The second kappa shape index (κ2) is 9.64. The average molecular weight is 422 g/mol. The van der Waals surface area contributed by atoms with Crippen LogP contribution in [0.25, 0.3) is 5.69 Å². The van der Waals surface area contributed by atoms with E-state index in [1.54, 1.807) is 36.1 Å². The highest BCUT2D eigenvalue weighted by molar-refractivity contribution is 5.80. The Morgan fingerprint density at radius 2 is 1.97 bits per heavy atom. The van der Waals surface area contributed by atoms with Crippen LogP contribution in [-0.2, 0) is 6.54 Å². The second-order valence-electron chi connectivity index (χ2n) is 7.65. The van der Waals surface area contributed by atoms with Gasteiger partial charge < -0.3 is 19.5 Å². The lowest BCUT2D eigenvalue weighted by Gasteiger charge is -2.34. The van der Waals surface area contributed by atoms with Crippen LogP contribution in [0.1, 0.15) is 24.2 Å². The largest absolute Gasteiger partial charge is 0.490 e. The second-order valence-corrected chi connectivity index (χ2v) is 7.65. The SMILES string of the molecule is CN=C(NCc1ccc(-n2ccnc2C)c(F)c1)N1CCC(Oc2ccccc2)CC1. The van der Waals surface area contributed by atoms with Crippen molar-refractivity contribution in [3.05, 3.63) is 78.1 Å². The lowest BCUT2D eigenvalue weighted by Crippen LogP contribution is -2.47. The molecule has 0 bridgehead atoms. The number of nitrogens with zero attached hydrogens (tertiary/aromatic N) is 4. The topological polar surface area (TPSA) is 54.7 Å². The molecular formula is C24H28FN5O. The van der Waals surface area contributed by atoms with Crippen molar-refractivity contribution in [2.75, 3.05) is 20.1 Å². The molecule has 2 heterocycles. The van der Waals surface area contributed by atoms with E-state index < -0.39 is 0 Å².